The molecule has 0 fully saturated rings. The van der Waals surface area contributed by atoms with Crippen LogP contribution in [0.4, 0.5) is 0 Å². The molecule has 2 aromatic rings. The fourth-order valence-electron chi connectivity index (χ4n) is 1.67. The summed E-state index contributed by atoms with van der Waals surface area (Å²) in [4.78, 5) is 15.4. The molecular formula is C13H10ClN3O2. The Morgan fingerprint density at radius 1 is 1.53 bits per heavy atom. The Kier molecular flexibility index (Phi) is 3.83. The van der Waals surface area contributed by atoms with E-state index in [1.54, 1.807) is 24.4 Å². The fraction of sp³-hybridized carbons (Fsp3) is 0.154. The van der Waals surface area contributed by atoms with Gasteiger partial charge >= 0.3 is 0 Å². The molecule has 1 heterocycles. The van der Waals surface area contributed by atoms with Crippen LogP contribution in [0.2, 0.25) is 5.15 Å². The van der Waals surface area contributed by atoms with Gasteiger partial charge in [0.1, 0.15) is 11.8 Å². The lowest BCUT2D eigenvalue weighted by molar-refractivity contribution is 0.413. The molecule has 0 aliphatic heterocycles. The molecule has 6 heteroatoms. The number of nitrogens with zero attached hydrogens (tertiary/aromatic N) is 3. The summed E-state index contributed by atoms with van der Waals surface area (Å²) in [6.07, 6.45) is 3.02. The first-order valence-electron chi connectivity index (χ1n) is 5.43. The normalized spacial score (nSPS) is 9.95. The van der Waals surface area contributed by atoms with Gasteiger partial charge in [-0.15, -0.1) is 0 Å². The van der Waals surface area contributed by atoms with Crippen molar-refractivity contribution in [1.82, 2.24) is 9.55 Å². The summed E-state index contributed by atoms with van der Waals surface area (Å²) in [5.41, 5.74) is 0.930. The number of hydrogen-bond acceptors (Lipinski definition) is 4. The number of ether oxygens (including phenoxy) is 1. The van der Waals surface area contributed by atoms with Gasteiger partial charge < -0.3 is 9.30 Å². The SMILES string of the molecule is COc1cc(Cn2ccnc(Cl)c2=O)ccc1C#N. The third kappa shape index (κ3) is 2.75. The highest BCUT2D eigenvalue weighted by atomic mass is 35.5. The molecule has 0 radical (unpaired) electrons. The van der Waals surface area contributed by atoms with Crippen molar-refractivity contribution >= 4 is 11.6 Å². The standard InChI is InChI=1S/C13H10ClN3O2/c1-19-11-6-9(2-3-10(11)7-15)8-17-5-4-16-12(14)13(17)18/h2-6H,8H2,1H3. The van der Waals surface area contributed by atoms with Crippen LogP contribution in [0, 0.1) is 11.3 Å². The van der Waals surface area contributed by atoms with E-state index in [1.165, 1.54) is 17.9 Å². The van der Waals surface area contributed by atoms with E-state index in [-0.39, 0.29) is 10.7 Å². The van der Waals surface area contributed by atoms with Gasteiger partial charge in [0.05, 0.1) is 19.2 Å². The van der Waals surface area contributed by atoms with Gasteiger partial charge in [0.15, 0.2) is 5.15 Å². The first kappa shape index (κ1) is 13.1. The molecule has 0 amide bonds. The highest BCUT2D eigenvalue weighted by Gasteiger charge is 2.06. The Morgan fingerprint density at radius 3 is 3.00 bits per heavy atom. The monoisotopic (exact) mass is 275 g/mol. The number of aromatic nitrogens is 2. The van der Waals surface area contributed by atoms with E-state index in [4.69, 9.17) is 21.6 Å². The Morgan fingerprint density at radius 2 is 2.32 bits per heavy atom. The highest BCUT2D eigenvalue weighted by molar-refractivity contribution is 6.29. The summed E-state index contributed by atoms with van der Waals surface area (Å²) in [5, 5.41) is 8.83. The molecule has 0 saturated heterocycles. The van der Waals surface area contributed by atoms with Crippen molar-refractivity contribution in [2.45, 2.75) is 6.54 Å². The lowest BCUT2D eigenvalue weighted by atomic mass is 10.1. The van der Waals surface area contributed by atoms with Gasteiger partial charge in [-0.2, -0.15) is 5.26 Å². The summed E-state index contributed by atoms with van der Waals surface area (Å²) < 4.78 is 6.56. The van der Waals surface area contributed by atoms with Gasteiger partial charge in [0.2, 0.25) is 0 Å². The molecule has 1 aromatic carbocycles. The lowest BCUT2D eigenvalue weighted by Gasteiger charge is -2.08. The predicted octanol–water partition coefficient (Wildman–Crippen LogP) is 1.83. The molecule has 0 saturated carbocycles. The van der Waals surface area contributed by atoms with Crippen molar-refractivity contribution in [3.8, 4) is 11.8 Å². The van der Waals surface area contributed by atoms with Crippen LogP contribution >= 0.6 is 11.6 Å². The summed E-state index contributed by atoms with van der Waals surface area (Å²) in [6, 6.07) is 7.18. The molecule has 0 bridgehead atoms. The molecule has 0 spiro atoms. The minimum atomic E-state index is -0.354. The molecular weight excluding hydrogens is 266 g/mol. The zero-order chi connectivity index (χ0) is 13.8. The zero-order valence-electron chi connectivity index (χ0n) is 10.1. The van der Waals surface area contributed by atoms with Gasteiger partial charge in [0, 0.05) is 12.4 Å². The summed E-state index contributed by atoms with van der Waals surface area (Å²) in [5.74, 6) is 0.480. The third-order valence-electron chi connectivity index (χ3n) is 2.61. The van der Waals surface area contributed by atoms with E-state index < -0.39 is 0 Å². The summed E-state index contributed by atoms with van der Waals surface area (Å²) >= 11 is 5.67. The maximum absolute atomic E-state index is 11.7. The molecule has 2 rings (SSSR count). The number of methoxy groups -OCH3 is 1. The molecule has 0 N–H and O–H groups in total. The van der Waals surface area contributed by atoms with Crippen LogP contribution in [0.15, 0.2) is 35.4 Å². The quantitative estimate of drug-likeness (QED) is 0.857. The molecule has 96 valence electrons. The number of benzene rings is 1. The smallest absolute Gasteiger partial charge is 0.288 e. The Hall–Kier alpha value is -2.32. The topological polar surface area (TPSA) is 67.9 Å². The van der Waals surface area contributed by atoms with E-state index in [0.717, 1.165) is 5.56 Å². The fourth-order valence-corrected chi connectivity index (χ4v) is 1.83. The third-order valence-corrected chi connectivity index (χ3v) is 2.87. The van der Waals surface area contributed by atoms with Crippen molar-refractivity contribution in [3.63, 3.8) is 0 Å². The van der Waals surface area contributed by atoms with Crippen molar-refractivity contribution in [1.29, 1.82) is 5.26 Å². The van der Waals surface area contributed by atoms with Gasteiger partial charge in [0.25, 0.3) is 5.56 Å². The summed E-state index contributed by atoms with van der Waals surface area (Å²) in [7, 11) is 1.50. The lowest BCUT2D eigenvalue weighted by Crippen LogP contribution is -2.21. The molecule has 0 unspecified atom stereocenters. The van der Waals surface area contributed by atoms with Crippen LogP contribution in [-0.2, 0) is 6.54 Å². The molecule has 19 heavy (non-hydrogen) atoms. The van der Waals surface area contributed by atoms with Crippen LogP contribution in [0.1, 0.15) is 11.1 Å². The second-order valence-electron chi connectivity index (χ2n) is 3.80. The first-order chi connectivity index (χ1) is 9.15. The van der Waals surface area contributed by atoms with Gasteiger partial charge in [-0.05, 0) is 17.7 Å². The Bertz CT molecular complexity index is 704. The predicted molar refractivity (Wildman–Crippen MR) is 70.3 cm³/mol. The average molecular weight is 276 g/mol. The van der Waals surface area contributed by atoms with Gasteiger partial charge in [-0.1, -0.05) is 17.7 Å². The number of halogens is 1. The van der Waals surface area contributed by atoms with Crippen LogP contribution in [0.5, 0.6) is 5.75 Å². The summed E-state index contributed by atoms with van der Waals surface area (Å²) in [6.45, 7) is 0.336. The van der Waals surface area contributed by atoms with Crippen molar-refractivity contribution in [2.75, 3.05) is 7.11 Å². The maximum Gasteiger partial charge on any atom is 0.288 e. The minimum Gasteiger partial charge on any atom is -0.495 e. The van der Waals surface area contributed by atoms with E-state index in [9.17, 15) is 4.79 Å². The largest absolute Gasteiger partial charge is 0.495 e. The molecule has 0 aliphatic carbocycles. The second-order valence-corrected chi connectivity index (χ2v) is 4.16. The minimum absolute atomic E-state index is 0.0666. The maximum atomic E-state index is 11.7. The van der Waals surface area contributed by atoms with Gasteiger partial charge in [-0.25, -0.2) is 4.98 Å². The molecule has 0 aliphatic rings. The Balaban J connectivity index is 2.37. The second kappa shape index (κ2) is 5.55. The average Bonchev–Trinajstić information content (AvgIpc) is 2.43. The van der Waals surface area contributed by atoms with Crippen molar-refractivity contribution in [3.05, 3.63) is 57.2 Å². The number of rotatable bonds is 3. The number of nitriles is 1. The van der Waals surface area contributed by atoms with E-state index in [0.29, 0.717) is 17.9 Å². The van der Waals surface area contributed by atoms with Crippen molar-refractivity contribution in [2.24, 2.45) is 0 Å². The van der Waals surface area contributed by atoms with Crippen LogP contribution < -0.4 is 10.3 Å². The molecule has 0 atom stereocenters. The Labute approximate surface area is 114 Å². The van der Waals surface area contributed by atoms with Crippen LogP contribution in [0.25, 0.3) is 0 Å². The van der Waals surface area contributed by atoms with Crippen LogP contribution in [-0.4, -0.2) is 16.7 Å². The van der Waals surface area contributed by atoms with E-state index >= 15 is 0 Å². The van der Waals surface area contributed by atoms with Crippen molar-refractivity contribution < 1.29 is 4.74 Å². The molecule has 1 aromatic heterocycles. The van der Waals surface area contributed by atoms with Crippen LogP contribution in [0.3, 0.4) is 0 Å². The first-order valence-corrected chi connectivity index (χ1v) is 5.81. The van der Waals surface area contributed by atoms with Gasteiger partial charge in [-0.3, -0.25) is 4.79 Å². The molecule has 5 nitrogen and oxygen atoms in total. The van der Waals surface area contributed by atoms with E-state index in [1.807, 2.05) is 6.07 Å². The number of hydrogen-bond donors (Lipinski definition) is 0. The van der Waals surface area contributed by atoms with E-state index in [2.05, 4.69) is 4.98 Å². The zero-order valence-corrected chi connectivity index (χ0v) is 10.9. The highest BCUT2D eigenvalue weighted by Crippen LogP contribution is 2.19.